The van der Waals surface area contributed by atoms with Gasteiger partial charge in [0.25, 0.3) is 0 Å². The van der Waals surface area contributed by atoms with Crippen molar-refractivity contribution in [1.29, 1.82) is 5.26 Å². The zero-order chi connectivity index (χ0) is 21.8. The van der Waals surface area contributed by atoms with Crippen LogP contribution >= 0.6 is 15.9 Å². The minimum absolute atomic E-state index is 0.0239. The van der Waals surface area contributed by atoms with Gasteiger partial charge in [-0.15, -0.1) is 0 Å². The number of para-hydroxylation sites is 1. The SMILES string of the molecule is N#CC1=C(N)Oc2cc(OC(=O)COc3ccccc3)ccc2C1c1cccc(Br)c1. The quantitative estimate of drug-likeness (QED) is 0.425. The highest BCUT2D eigenvalue weighted by Crippen LogP contribution is 2.43. The molecule has 3 aromatic carbocycles. The highest BCUT2D eigenvalue weighted by molar-refractivity contribution is 9.10. The van der Waals surface area contributed by atoms with E-state index in [-0.39, 0.29) is 12.5 Å². The van der Waals surface area contributed by atoms with Gasteiger partial charge in [-0.2, -0.15) is 5.26 Å². The molecule has 1 unspecified atom stereocenters. The number of allylic oxidation sites excluding steroid dienone is 1. The lowest BCUT2D eigenvalue weighted by molar-refractivity contribution is -0.136. The van der Waals surface area contributed by atoms with Gasteiger partial charge in [0.15, 0.2) is 6.61 Å². The molecule has 0 fully saturated rings. The first-order valence-corrected chi connectivity index (χ1v) is 10.2. The van der Waals surface area contributed by atoms with Crippen LogP contribution in [0.5, 0.6) is 17.2 Å². The van der Waals surface area contributed by atoms with E-state index in [0.29, 0.717) is 22.8 Å². The first-order valence-electron chi connectivity index (χ1n) is 9.40. The summed E-state index contributed by atoms with van der Waals surface area (Å²) < 4.78 is 17.3. The summed E-state index contributed by atoms with van der Waals surface area (Å²) in [6, 6.07) is 23.8. The summed E-state index contributed by atoms with van der Waals surface area (Å²) in [5.74, 6) is 0.377. The molecule has 154 valence electrons. The van der Waals surface area contributed by atoms with Gasteiger partial charge < -0.3 is 19.9 Å². The maximum atomic E-state index is 12.2. The Morgan fingerprint density at radius 1 is 1.06 bits per heavy atom. The van der Waals surface area contributed by atoms with E-state index in [9.17, 15) is 10.1 Å². The lowest BCUT2D eigenvalue weighted by Crippen LogP contribution is -2.21. The zero-order valence-electron chi connectivity index (χ0n) is 16.2. The topological polar surface area (TPSA) is 94.6 Å². The van der Waals surface area contributed by atoms with Gasteiger partial charge in [-0.1, -0.05) is 52.3 Å². The number of carbonyl (C=O) groups is 1. The Labute approximate surface area is 187 Å². The molecule has 0 amide bonds. The number of nitriles is 1. The number of benzene rings is 3. The Morgan fingerprint density at radius 2 is 1.87 bits per heavy atom. The number of ether oxygens (including phenoxy) is 3. The molecule has 1 aliphatic heterocycles. The fourth-order valence-corrected chi connectivity index (χ4v) is 3.77. The van der Waals surface area contributed by atoms with Crippen molar-refractivity contribution in [3.8, 4) is 23.3 Å². The van der Waals surface area contributed by atoms with Gasteiger partial charge in [-0.25, -0.2) is 4.79 Å². The monoisotopic (exact) mass is 476 g/mol. The molecule has 3 aromatic rings. The molecular weight excluding hydrogens is 460 g/mol. The van der Waals surface area contributed by atoms with Crippen LogP contribution in [0, 0.1) is 11.3 Å². The van der Waals surface area contributed by atoms with E-state index in [4.69, 9.17) is 19.9 Å². The van der Waals surface area contributed by atoms with Crippen LogP contribution in [-0.2, 0) is 4.79 Å². The normalized spacial score (nSPS) is 14.8. The van der Waals surface area contributed by atoms with Gasteiger partial charge in [0.05, 0.1) is 5.92 Å². The second kappa shape index (κ2) is 8.94. The van der Waals surface area contributed by atoms with Crippen molar-refractivity contribution in [2.24, 2.45) is 5.73 Å². The summed E-state index contributed by atoms with van der Waals surface area (Å²) in [6.07, 6.45) is 0. The van der Waals surface area contributed by atoms with Crippen molar-refractivity contribution in [3.05, 3.63) is 99.9 Å². The number of carbonyl (C=O) groups excluding carboxylic acids is 1. The number of halogens is 1. The molecule has 1 heterocycles. The molecule has 0 bridgehead atoms. The minimum atomic E-state index is -0.551. The highest BCUT2D eigenvalue weighted by atomic mass is 79.9. The number of hydrogen-bond acceptors (Lipinski definition) is 6. The van der Waals surface area contributed by atoms with Crippen LogP contribution in [0.25, 0.3) is 0 Å². The molecule has 0 saturated heterocycles. The number of fused-ring (bicyclic) bond motifs is 1. The van der Waals surface area contributed by atoms with Crippen LogP contribution in [0.2, 0.25) is 0 Å². The molecule has 4 rings (SSSR count). The van der Waals surface area contributed by atoms with Gasteiger partial charge >= 0.3 is 5.97 Å². The third kappa shape index (κ3) is 4.55. The Morgan fingerprint density at radius 3 is 2.61 bits per heavy atom. The number of rotatable bonds is 5. The number of nitrogens with two attached hydrogens (primary N) is 1. The molecule has 1 atom stereocenters. The predicted molar refractivity (Wildman–Crippen MR) is 117 cm³/mol. The molecule has 0 aromatic heterocycles. The molecule has 1 aliphatic rings. The maximum absolute atomic E-state index is 12.2. The Kier molecular flexibility index (Phi) is 5.92. The molecular formula is C24H17BrN2O4. The third-order valence-electron chi connectivity index (χ3n) is 4.70. The van der Waals surface area contributed by atoms with Crippen LogP contribution < -0.4 is 19.9 Å². The van der Waals surface area contributed by atoms with Gasteiger partial charge in [0.1, 0.15) is 28.9 Å². The summed E-state index contributed by atoms with van der Waals surface area (Å²) in [4.78, 5) is 12.2. The van der Waals surface area contributed by atoms with Gasteiger partial charge in [0, 0.05) is 16.1 Å². The Balaban J connectivity index is 1.57. The number of nitrogens with zero attached hydrogens (tertiary/aromatic N) is 1. The fraction of sp³-hybridized carbons (Fsp3) is 0.0833. The van der Waals surface area contributed by atoms with Crippen molar-refractivity contribution >= 4 is 21.9 Å². The predicted octanol–water partition coefficient (Wildman–Crippen LogP) is 4.65. The van der Waals surface area contributed by atoms with E-state index in [1.165, 1.54) is 0 Å². The third-order valence-corrected chi connectivity index (χ3v) is 5.20. The molecule has 0 radical (unpaired) electrons. The summed E-state index contributed by atoms with van der Waals surface area (Å²) in [6.45, 7) is -0.233. The van der Waals surface area contributed by atoms with E-state index in [1.54, 1.807) is 30.3 Å². The van der Waals surface area contributed by atoms with E-state index >= 15 is 0 Å². The first kappa shape index (κ1) is 20.5. The van der Waals surface area contributed by atoms with E-state index in [0.717, 1.165) is 15.6 Å². The largest absolute Gasteiger partial charge is 0.482 e. The Hall–Kier alpha value is -3.76. The minimum Gasteiger partial charge on any atom is -0.482 e. The van der Waals surface area contributed by atoms with Crippen molar-refractivity contribution < 1.29 is 19.0 Å². The smallest absolute Gasteiger partial charge is 0.349 e. The van der Waals surface area contributed by atoms with Crippen molar-refractivity contribution in [3.63, 3.8) is 0 Å². The van der Waals surface area contributed by atoms with Crippen molar-refractivity contribution in [2.75, 3.05) is 6.61 Å². The van der Waals surface area contributed by atoms with Crippen LogP contribution in [-0.4, -0.2) is 12.6 Å². The maximum Gasteiger partial charge on any atom is 0.349 e. The fourth-order valence-electron chi connectivity index (χ4n) is 3.35. The van der Waals surface area contributed by atoms with Crippen LogP contribution in [0.4, 0.5) is 0 Å². The molecule has 6 nitrogen and oxygen atoms in total. The second-order valence-corrected chi connectivity index (χ2v) is 7.67. The van der Waals surface area contributed by atoms with Crippen LogP contribution in [0.15, 0.2) is 88.7 Å². The summed E-state index contributed by atoms with van der Waals surface area (Å²) >= 11 is 3.47. The molecule has 7 heteroatoms. The molecule has 31 heavy (non-hydrogen) atoms. The van der Waals surface area contributed by atoms with Gasteiger partial charge in [0.2, 0.25) is 5.88 Å². The molecule has 0 spiro atoms. The second-order valence-electron chi connectivity index (χ2n) is 6.76. The summed E-state index contributed by atoms with van der Waals surface area (Å²) in [5.41, 5.74) is 8.00. The highest BCUT2D eigenvalue weighted by Gasteiger charge is 2.31. The Bertz CT molecular complexity index is 1200. The lowest BCUT2D eigenvalue weighted by Gasteiger charge is -2.26. The molecule has 0 aliphatic carbocycles. The number of hydrogen-bond donors (Lipinski definition) is 1. The average molecular weight is 477 g/mol. The van der Waals surface area contributed by atoms with Crippen LogP contribution in [0.3, 0.4) is 0 Å². The first-order chi connectivity index (χ1) is 15.0. The van der Waals surface area contributed by atoms with E-state index in [2.05, 4.69) is 22.0 Å². The van der Waals surface area contributed by atoms with E-state index < -0.39 is 11.9 Å². The standard InChI is InChI=1S/C24H17BrN2O4/c25-16-6-4-5-15(11-16)23-19-10-9-18(12-21(19)31-24(27)20(23)13-26)30-22(28)14-29-17-7-2-1-3-8-17/h1-12,23H,14,27H2. The molecule has 2 N–H and O–H groups in total. The van der Waals surface area contributed by atoms with Crippen molar-refractivity contribution in [1.82, 2.24) is 0 Å². The van der Waals surface area contributed by atoms with Gasteiger partial charge in [-0.05, 0) is 35.9 Å². The van der Waals surface area contributed by atoms with Crippen LogP contribution in [0.1, 0.15) is 17.0 Å². The lowest BCUT2D eigenvalue weighted by atomic mass is 9.83. The summed E-state index contributed by atoms with van der Waals surface area (Å²) in [7, 11) is 0. The average Bonchev–Trinajstić information content (AvgIpc) is 2.77. The number of esters is 1. The summed E-state index contributed by atoms with van der Waals surface area (Å²) in [5, 5.41) is 9.65. The van der Waals surface area contributed by atoms with Crippen molar-refractivity contribution in [2.45, 2.75) is 5.92 Å². The van der Waals surface area contributed by atoms with E-state index in [1.807, 2.05) is 42.5 Å². The van der Waals surface area contributed by atoms with Gasteiger partial charge in [-0.3, -0.25) is 0 Å². The zero-order valence-corrected chi connectivity index (χ0v) is 17.8. The molecule has 0 saturated carbocycles.